The molecule has 0 spiro atoms. The first kappa shape index (κ1) is 36.8. The Balaban J connectivity index is 0.937. The zero-order valence-corrected chi connectivity index (χ0v) is 34.1. The lowest BCUT2D eigenvalue weighted by Gasteiger charge is -2.26. The van der Waals surface area contributed by atoms with Gasteiger partial charge in [0.05, 0.1) is 16.7 Å². The van der Waals surface area contributed by atoms with Crippen molar-refractivity contribution in [2.24, 2.45) is 0 Å². The van der Waals surface area contributed by atoms with E-state index in [-0.39, 0.29) is 0 Å². The summed E-state index contributed by atoms with van der Waals surface area (Å²) in [5.74, 6) is 0. The van der Waals surface area contributed by atoms with Crippen LogP contribution in [0.2, 0.25) is 0 Å². The van der Waals surface area contributed by atoms with Crippen molar-refractivity contribution in [3.8, 4) is 61.3 Å². The molecule has 0 N–H and O–H groups in total. The maximum atomic E-state index is 2.44. The van der Waals surface area contributed by atoms with Crippen molar-refractivity contribution in [3.63, 3.8) is 0 Å². The Hall–Kier alpha value is -8.20. The fourth-order valence-corrected chi connectivity index (χ4v) is 8.94. The minimum atomic E-state index is 1.10. The van der Waals surface area contributed by atoms with Gasteiger partial charge in [0.2, 0.25) is 0 Å². The molecule has 0 fully saturated rings. The first-order valence-electron chi connectivity index (χ1n) is 21.3. The monoisotopic (exact) mass is 790 g/mol. The lowest BCUT2D eigenvalue weighted by Crippen LogP contribution is -2.09. The summed E-state index contributed by atoms with van der Waals surface area (Å²) in [6.07, 6.45) is 0. The predicted octanol–water partition coefficient (Wildman–Crippen LogP) is 16.6. The predicted molar refractivity (Wildman–Crippen MR) is 263 cm³/mol. The summed E-state index contributed by atoms with van der Waals surface area (Å²) in [4.78, 5) is 2.33. The molecule has 0 radical (unpaired) electrons. The highest BCUT2D eigenvalue weighted by Crippen LogP contribution is 2.41. The van der Waals surface area contributed by atoms with Crippen LogP contribution in [0.4, 0.5) is 17.1 Å². The Morgan fingerprint density at radius 1 is 0.242 bits per heavy atom. The van der Waals surface area contributed by atoms with Crippen molar-refractivity contribution < 1.29 is 0 Å². The average Bonchev–Trinajstić information content (AvgIpc) is 3.69. The van der Waals surface area contributed by atoms with Crippen LogP contribution in [0.3, 0.4) is 0 Å². The van der Waals surface area contributed by atoms with Crippen LogP contribution < -0.4 is 4.90 Å². The Labute approximate surface area is 362 Å². The zero-order valence-electron chi connectivity index (χ0n) is 34.1. The largest absolute Gasteiger partial charge is 0.311 e. The molecule has 0 saturated carbocycles. The van der Waals surface area contributed by atoms with Crippen molar-refractivity contribution in [2.45, 2.75) is 0 Å². The lowest BCUT2D eigenvalue weighted by molar-refractivity contribution is 1.18. The molecule has 0 aliphatic rings. The quantitative estimate of drug-likeness (QED) is 0.141. The first-order chi connectivity index (χ1) is 30.7. The van der Waals surface area contributed by atoms with Crippen LogP contribution in [0.1, 0.15) is 0 Å². The number of anilines is 3. The third-order valence-corrected chi connectivity index (χ3v) is 12.0. The molecule has 0 amide bonds. The summed E-state index contributed by atoms with van der Waals surface area (Å²) >= 11 is 0. The molecule has 62 heavy (non-hydrogen) atoms. The van der Waals surface area contributed by atoms with Crippen LogP contribution in [-0.2, 0) is 0 Å². The third kappa shape index (κ3) is 6.94. The molecule has 1 aromatic heterocycles. The summed E-state index contributed by atoms with van der Waals surface area (Å²) < 4.78 is 2.44. The Kier molecular flexibility index (Phi) is 9.57. The van der Waals surface area contributed by atoms with Crippen molar-refractivity contribution in [1.29, 1.82) is 0 Å². The van der Waals surface area contributed by atoms with E-state index in [1.54, 1.807) is 0 Å². The zero-order chi connectivity index (χ0) is 41.2. The van der Waals surface area contributed by atoms with Crippen LogP contribution in [0, 0.1) is 0 Å². The Bertz CT molecular complexity index is 3290. The van der Waals surface area contributed by atoms with E-state index in [4.69, 9.17) is 0 Å². The standard InChI is InChI=1S/C60H42N2/c1-4-15-43(16-5-1)45-27-29-46(30-28-45)47-31-36-53(37-32-47)61(52-21-8-3-9-22-52)54-38-33-48(34-39-54)55-23-10-12-25-58(55)62-59-26-13-11-24-56(59)57-42-51(35-40-60(57)62)50-20-14-19-49(41-50)44-17-6-2-7-18-44/h1-42H. The number of hydrogen-bond acceptors (Lipinski definition) is 1. The van der Waals surface area contributed by atoms with Gasteiger partial charge in [0, 0.05) is 33.4 Å². The smallest absolute Gasteiger partial charge is 0.0541 e. The highest BCUT2D eigenvalue weighted by Gasteiger charge is 2.18. The summed E-state index contributed by atoms with van der Waals surface area (Å²) in [5.41, 5.74) is 18.8. The molecular weight excluding hydrogens is 749 g/mol. The second kappa shape index (κ2) is 16.1. The van der Waals surface area contributed by atoms with Crippen molar-refractivity contribution in [2.75, 3.05) is 4.90 Å². The summed E-state index contributed by atoms with van der Waals surface area (Å²) in [6.45, 7) is 0. The van der Waals surface area contributed by atoms with E-state index in [2.05, 4.69) is 264 Å². The molecule has 0 unspecified atom stereocenters. The topological polar surface area (TPSA) is 8.17 Å². The van der Waals surface area contributed by atoms with Gasteiger partial charge in [0.1, 0.15) is 0 Å². The van der Waals surface area contributed by atoms with Crippen molar-refractivity contribution >= 4 is 38.9 Å². The minimum Gasteiger partial charge on any atom is -0.311 e. The van der Waals surface area contributed by atoms with E-state index < -0.39 is 0 Å². The highest BCUT2D eigenvalue weighted by atomic mass is 15.1. The number of benzene rings is 10. The summed E-state index contributed by atoms with van der Waals surface area (Å²) in [7, 11) is 0. The van der Waals surface area contributed by atoms with Crippen LogP contribution in [-0.4, -0.2) is 4.57 Å². The number of fused-ring (bicyclic) bond motifs is 3. The maximum absolute atomic E-state index is 2.44. The van der Waals surface area contributed by atoms with Crippen LogP contribution in [0.5, 0.6) is 0 Å². The highest BCUT2D eigenvalue weighted by molar-refractivity contribution is 6.11. The molecule has 2 heteroatoms. The van der Waals surface area contributed by atoms with Gasteiger partial charge in [-0.15, -0.1) is 0 Å². The molecule has 11 rings (SSSR count). The molecular formula is C60H42N2. The third-order valence-electron chi connectivity index (χ3n) is 12.0. The van der Waals surface area contributed by atoms with E-state index in [9.17, 15) is 0 Å². The van der Waals surface area contributed by atoms with Crippen molar-refractivity contribution in [1.82, 2.24) is 4.57 Å². The van der Waals surface area contributed by atoms with Gasteiger partial charge in [-0.1, -0.05) is 188 Å². The molecule has 0 atom stereocenters. The number of nitrogens with zero attached hydrogens (tertiary/aromatic N) is 2. The second-order valence-corrected chi connectivity index (χ2v) is 15.8. The number of aromatic nitrogens is 1. The molecule has 0 aliphatic carbocycles. The number of rotatable bonds is 9. The molecule has 292 valence electrons. The Morgan fingerprint density at radius 2 is 0.645 bits per heavy atom. The van der Waals surface area contributed by atoms with Gasteiger partial charge in [-0.3, -0.25) is 0 Å². The Morgan fingerprint density at radius 3 is 1.29 bits per heavy atom. The lowest BCUT2D eigenvalue weighted by atomic mass is 9.98. The van der Waals surface area contributed by atoms with Gasteiger partial charge < -0.3 is 9.47 Å². The molecule has 11 aromatic rings. The first-order valence-corrected chi connectivity index (χ1v) is 21.3. The van der Waals surface area contributed by atoms with Gasteiger partial charge in [-0.25, -0.2) is 0 Å². The number of para-hydroxylation sites is 3. The van der Waals surface area contributed by atoms with Crippen LogP contribution in [0.15, 0.2) is 255 Å². The van der Waals surface area contributed by atoms with E-state index in [0.717, 1.165) is 28.3 Å². The fraction of sp³-hybridized carbons (Fsp3) is 0. The molecule has 10 aromatic carbocycles. The van der Waals surface area contributed by atoms with E-state index in [1.807, 2.05) is 0 Å². The number of hydrogen-bond donors (Lipinski definition) is 0. The van der Waals surface area contributed by atoms with Gasteiger partial charge >= 0.3 is 0 Å². The van der Waals surface area contributed by atoms with E-state index in [0.29, 0.717) is 0 Å². The van der Waals surface area contributed by atoms with Gasteiger partial charge in [-0.05, 0) is 117 Å². The van der Waals surface area contributed by atoms with Crippen LogP contribution in [0.25, 0.3) is 83.1 Å². The normalized spacial score (nSPS) is 11.2. The summed E-state index contributed by atoms with van der Waals surface area (Å²) in [6, 6.07) is 91.9. The van der Waals surface area contributed by atoms with Gasteiger partial charge in [-0.2, -0.15) is 0 Å². The van der Waals surface area contributed by atoms with Gasteiger partial charge in [0.15, 0.2) is 0 Å². The van der Waals surface area contributed by atoms with E-state index in [1.165, 1.54) is 71.9 Å². The minimum absolute atomic E-state index is 1.10. The molecule has 0 bridgehead atoms. The SMILES string of the molecule is c1ccc(-c2ccc(-c3ccc(N(c4ccccc4)c4ccc(-c5ccccc5-n5c6ccccc6c6cc(-c7cccc(-c8ccccc8)c7)ccc65)cc4)cc3)cc2)cc1. The molecule has 1 heterocycles. The average molecular weight is 791 g/mol. The molecule has 2 nitrogen and oxygen atoms in total. The summed E-state index contributed by atoms with van der Waals surface area (Å²) in [5, 5.41) is 2.48. The van der Waals surface area contributed by atoms with Crippen LogP contribution >= 0.6 is 0 Å². The molecule has 0 saturated heterocycles. The maximum Gasteiger partial charge on any atom is 0.0541 e. The van der Waals surface area contributed by atoms with E-state index >= 15 is 0 Å². The van der Waals surface area contributed by atoms with Gasteiger partial charge in [0.25, 0.3) is 0 Å². The van der Waals surface area contributed by atoms with Crippen molar-refractivity contribution in [3.05, 3.63) is 255 Å². The second-order valence-electron chi connectivity index (χ2n) is 15.8. The fourth-order valence-electron chi connectivity index (χ4n) is 8.94. The molecule has 0 aliphatic heterocycles.